The summed E-state index contributed by atoms with van der Waals surface area (Å²) in [6.07, 6.45) is 8.39. The molecule has 4 bridgehead atoms. The maximum absolute atomic E-state index is 12.8. The third-order valence-corrected chi connectivity index (χ3v) is 11.0. The van der Waals surface area contributed by atoms with Crippen LogP contribution in [0.3, 0.4) is 0 Å². The van der Waals surface area contributed by atoms with Crippen LogP contribution in [0.2, 0.25) is 0 Å². The van der Waals surface area contributed by atoms with Crippen molar-refractivity contribution in [2.45, 2.75) is 62.3 Å². The molecule has 1 amide bonds. The lowest BCUT2D eigenvalue weighted by Crippen LogP contribution is -2.47. The van der Waals surface area contributed by atoms with Crippen LogP contribution < -0.4 is 10.0 Å². The van der Waals surface area contributed by atoms with Crippen LogP contribution in [-0.2, 0) is 24.7 Å². The third-order valence-electron chi connectivity index (χ3n) is 7.70. The first-order chi connectivity index (χ1) is 14.6. The van der Waals surface area contributed by atoms with E-state index in [9.17, 15) is 21.6 Å². The molecule has 0 spiro atoms. The minimum atomic E-state index is -3.80. The van der Waals surface area contributed by atoms with E-state index < -0.39 is 25.9 Å². The van der Waals surface area contributed by atoms with Crippen LogP contribution >= 0.6 is 0 Å². The van der Waals surface area contributed by atoms with Crippen molar-refractivity contribution in [2.75, 3.05) is 16.8 Å². The Balaban J connectivity index is 1.20. The summed E-state index contributed by atoms with van der Waals surface area (Å²) in [6.45, 7) is 0. The molecule has 1 aromatic carbocycles. The van der Waals surface area contributed by atoms with Gasteiger partial charge in [-0.25, -0.2) is 21.6 Å². The Morgan fingerprint density at radius 1 is 1.00 bits per heavy atom. The Bertz CT molecular complexity index is 1040. The largest absolute Gasteiger partial charge is 0.326 e. The van der Waals surface area contributed by atoms with E-state index in [2.05, 4.69) is 10.0 Å². The Morgan fingerprint density at radius 2 is 1.58 bits per heavy atom. The molecule has 31 heavy (non-hydrogen) atoms. The molecule has 0 aromatic heterocycles. The van der Waals surface area contributed by atoms with Crippen molar-refractivity contribution in [2.24, 2.45) is 23.2 Å². The van der Waals surface area contributed by atoms with Gasteiger partial charge in [-0.2, -0.15) is 0 Å². The van der Waals surface area contributed by atoms with E-state index in [0.717, 1.165) is 17.8 Å². The highest BCUT2D eigenvalue weighted by Gasteiger charge is 2.51. The molecule has 4 saturated carbocycles. The number of sulfonamides is 1. The van der Waals surface area contributed by atoms with Gasteiger partial charge < -0.3 is 5.32 Å². The fourth-order valence-electron chi connectivity index (χ4n) is 6.95. The molecule has 170 valence electrons. The van der Waals surface area contributed by atoms with Gasteiger partial charge in [0.15, 0.2) is 9.84 Å². The van der Waals surface area contributed by atoms with Crippen LogP contribution in [0, 0.1) is 23.2 Å². The molecule has 0 radical (unpaired) electrons. The number of amides is 1. The molecule has 7 nitrogen and oxygen atoms in total. The van der Waals surface area contributed by atoms with Crippen LogP contribution in [0.15, 0.2) is 29.2 Å². The molecule has 1 aromatic rings. The first-order valence-electron chi connectivity index (χ1n) is 11.2. The van der Waals surface area contributed by atoms with Gasteiger partial charge in [-0.15, -0.1) is 0 Å². The zero-order chi connectivity index (χ0) is 21.9. The van der Waals surface area contributed by atoms with Gasteiger partial charge in [0.1, 0.15) is 0 Å². The second kappa shape index (κ2) is 7.56. The molecule has 5 aliphatic rings. The number of hydrogen-bond donors (Lipinski definition) is 2. The van der Waals surface area contributed by atoms with E-state index in [0.29, 0.717) is 18.5 Å². The van der Waals surface area contributed by atoms with Gasteiger partial charge in [0, 0.05) is 18.2 Å². The molecule has 1 saturated heterocycles. The lowest BCUT2D eigenvalue weighted by Gasteiger charge is -2.56. The summed E-state index contributed by atoms with van der Waals surface area (Å²) < 4.78 is 50.7. The van der Waals surface area contributed by atoms with Crippen LogP contribution in [0.5, 0.6) is 0 Å². The van der Waals surface area contributed by atoms with E-state index in [4.69, 9.17) is 0 Å². The van der Waals surface area contributed by atoms with Gasteiger partial charge in [0.05, 0.1) is 16.4 Å². The highest BCUT2D eigenvalue weighted by molar-refractivity contribution is 7.92. The van der Waals surface area contributed by atoms with Crippen molar-refractivity contribution in [3.05, 3.63) is 24.3 Å². The number of carbonyl (C=O) groups excluding carboxylic acids is 1. The lowest BCUT2D eigenvalue weighted by atomic mass is 9.49. The highest BCUT2D eigenvalue weighted by atomic mass is 32.2. The quantitative estimate of drug-likeness (QED) is 0.670. The van der Waals surface area contributed by atoms with Crippen molar-refractivity contribution in [1.82, 2.24) is 4.72 Å². The standard InChI is InChI=1S/C22H30N2O5S2/c25-21(13-22-10-15-7-16(11-22)9-17(8-15)12-22)23-18-1-3-20(4-2-18)31(28,29)24-19-5-6-30(26,27)14-19/h1-4,15-17,19,24H,5-14H2,(H,23,25)/t15?,16?,17?,19-,22?/m0/s1. The van der Waals surface area contributed by atoms with Gasteiger partial charge in [-0.05, 0) is 92.4 Å². The zero-order valence-corrected chi connectivity index (χ0v) is 19.2. The number of sulfone groups is 1. The van der Waals surface area contributed by atoms with Crippen molar-refractivity contribution in [3.63, 3.8) is 0 Å². The van der Waals surface area contributed by atoms with Crippen LogP contribution in [0.1, 0.15) is 51.4 Å². The van der Waals surface area contributed by atoms with Crippen LogP contribution in [0.25, 0.3) is 0 Å². The Labute approximate surface area is 184 Å². The maximum atomic E-state index is 12.8. The van der Waals surface area contributed by atoms with Gasteiger partial charge in [-0.3, -0.25) is 4.79 Å². The second-order valence-electron chi connectivity index (χ2n) is 10.4. The molecular weight excluding hydrogens is 436 g/mol. The SMILES string of the molecule is O=C(CC12CC3CC(CC(C3)C1)C2)Nc1ccc(S(=O)(=O)N[C@H]2CCS(=O)(=O)C2)cc1. The summed E-state index contributed by atoms with van der Waals surface area (Å²) in [5, 5.41) is 2.95. The number of nitrogens with one attached hydrogen (secondary N) is 2. The van der Waals surface area contributed by atoms with E-state index in [1.54, 1.807) is 12.1 Å². The Kier molecular flexibility index (Phi) is 5.22. The summed E-state index contributed by atoms with van der Waals surface area (Å²) in [6, 6.07) is 5.50. The average Bonchev–Trinajstić information content (AvgIpc) is 2.98. The second-order valence-corrected chi connectivity index (χ2v) is 14.3. The lowest BCUT2D eigenvalue weighted by molar-refractivity contribution is -0.124. The van der Waals surface area contributed by atoms with E-state index in [-0.39, 0.29) is 27.7 Å². The Hall–Kier alpha value is -1.45. The number of hydrogen-bond acceptors (Lipinski definition) is 5. The average molecular weight is 467 g/mol. The molecule has 6 rings (SSSR count). The van der Waals surface area contributed by atoms with Gasteiger partial charge in [0.25, 0.3) is 0 Å². The highest BCUT2D eigenvalue weighted by Crippen LogP contribution is 2.61. The van der Waals surface area contributed by atoms with Crippen molar-refractivity contribution in [1.29, 1.82) is 0 Å². The molecule has 2 N–H and O–H groups in total. The minimum absolute atomic E-state index is 0.00634. The maximum Gasteiger partial charge on any atom is 0.240 e. The summed E-state index contributed by atoms with van der Waals surface area (Å²) >= 11 is 0. The first kappa shape index (κ1) is 21.4. The number of carbonyl (C=O) groups is 1. The third kappa shape index (κ3) is 4.54. The van der Waals surface area contributed by atoms with Crippen molar-refractivity contribution >= 4 is 31.5 Å². The summed E-state index contributed by atoms with van der Waals surface area (Å²) in [5.74, 6) is 2.24. The minimum Gasteiger partial charge on any atom is -0.326 e. The molecule has 5 fully saturated rings. The van der Waals surface area contributed by atoms with E-state index >= 15 is 0 Å². The van der Waals surface area contributed by atoms with Crippen molar-refractivity contribution in [3.8, 4) is 0 Å². The van der Waals surface area contributed by atoms with E-state index in [1.165, 1.54) is 50.7 Å². The van der Waals surface area contributed by atoms with Gasteiger partial charge in [0.2, 0.25) is 15.9 Å². The number of anilines is 1. The predicted molar refractivity (Wildman–Crippen MR) is 118 cm³/mol. The smallest absolute Gasteiger partial charge is 0.240 e. The fraction of sp³-hybridized carbons (Fsp3) is 0.682. The number of rotatable bonds is 6. The van der Waals surface area contributed by atoms with Gasteiger partial charge >= 0.3 is 0 Å². The Morgan fingerprint density at radius 3 is 2.10 bits per heavy atom. The monoisotopic (exact) mass is 466 g/mol. The predicted octanol–water partition coefficient (Wildman–Crippen LogP) is 2.70. The zero-order valence-electron chi connectivity index (χ0n) is 17.5. The van der Waals surface area contributed by atoms with Gasteiger partial charge in [-0.1, -0.05) is 0 Å². The fourth-order valence-corrected chi connectivity index (χ4v) is 9.99. The van der Waals surface area contributed by atoms with Crippen molar-refractivity contribution < 1.29 is 21.6 Å². The normalized spacial score (nSPS) is 35.9. The summed E-state index contributed by atoms with van der Waals surface area (Å²) in [4.78, 5) is 12.8. The summed E-state index contributed by atoms with van der Waals surface area (Å²) in [7, 11) is -6.97. The molecule has 1 aliphatic heterocycles. The summed E-state index contributed by atoms with van der Waals surface area (Å²) in [5.41, 5.74) is 0.741. The van der Waals surface area contributed by atoms with E-state index in [1.807, 2.05) is 0 Å². The molecule has 1 heterocycles. The molecule has 9 heteroatoms. The molecular formula is C22H30N2O5S2. The van der Waals surface area contributed by atoms with Crippen LogP contribution in [0.4, 0.5) is 5.69 Å². The van der Waals surface area contributed by atoms with Crippen LogP contribution in [-0.4, -0.2) is 40.3 Å². The molecule has 4 aliphatic carbocycles. The first-order valence-corrected chi connectivity index (χ1v) is 14.5. The topological polar surface area (TPSA) is 109 Å². The molecule has 0 unspecified atom stereocenters. The number of benzene rings is 1. The molecule has 1 atom stereocenters.